The van der Waals surface area contributed by atoms with Crippen LogP contribution in [-0.2, 0) is 0 Å². The van der Waals surface area contributed by atoms with Gasteiger partial charge < -0.3 is 10.5 Å². The molecule has 1 aromatic heterocycles. The van der Waals surface area contributed by atoms with Crippen molar-refractivity contribution in [2.45, 2.75) is 6.92 Å². The summed E-state index contributed by atoms with van der Waals surface area (Å²) < 4.78 is 5.46. The quantitative estimate of drug-likeness (QED) is 0.392. The van der Waals surface area contributed by atoms with E-state index < -0.39 is 4.92 Å². The van der Waals surface area contributed by atoms with Crippen LogP contribution in [-0.4, -0.2) is 22.9 Å². The Kier molecular flexibility index (Phi) is 3.56. The first-order chi connectivity index (χ1) is 9.15. The van der Waals surface area contributed by atoms with E-state index >= 15 is 0 Å². The number of hydrogen-bond donors (Lipinski definition) is 1. The lowest BCUT2D eigenvalue weighted by Gasteiger charge is -2.08. The van der Waals surface area contributed by atoms with Crippen molar-refractivity contribution in [3.63, 3.8) is 0 Å². The van der Waals surface area contributed by atoms with Crippen LogP contribution in [0, 0.1) is 10.1 Å². The molecule has 0 unspecified atom stereocenters. The van der Waals surface area contributed by atoms with Crippen LogP contribution in [0.3, 0.4) is 0 Å². The Labute approximate surface area is 108 Å². The number of nitro benzene ring substituents is 1. The molecule has 1 heterocycles. The number of benzene rings is 1. The highest BCUT2D eigenvalue weighted by Gasteiger charge is 2.12. The highest BCUT2D eigenvalue weighted by molar-refractivity contribution is 5.88. The minimum Gasteiger partial charge on any atom is -0.493 e. The van der Waals surface area contributed by atoms with Crippen molar-refractivity contribution >= 4 is 28.7 Å². The minimum absolute atomic E-state index is 0.00895. The molecule has 2 aromatic rings. The molecular weight excluding hydrogens is 248 g/mol. The minimum atomic E-state index is -0.457. The van der Waals surface area contributed by atoms with Gasteiger partial charge in [0.15, 0.2) is 5.82 Å². The molecular formula is C12H12N4O3. The van der Waals surface area contributed by atoms with Crippen LogP contribution < -0.4 is 10.5 Å². The molecule has 0 fully saturated rings. The molecule has 1 aromatic carbocycles. The maximum atomic E-state index is 10.8. The Morgan fingerprint density at radius 2 is 2.32 bits per heavy atom. The van der Waals surface area contributed by atoms with Gasteiger partial charge >= 0.3 is 0 Å². The maximum absolute atomic E-state index is 10.8. The zero-order valence-corrected chi connectivity index (χ0v) is 10.2. The summed E-state index contributed by atoms with van der Waals surface area (Å²) in [5.41, 5.74) is 5.79. The van der Waals surface area contributed by atoms with Crippen LogP contribution in [0.25, 0.3) is 10.9 Å². The van der Waals surface area contributed by atoms with Gasteiger partial charge in [0.05, 0.1) is 23.4 Å². The normalized spacial score (nSPS) is 11.0. The van der Waals surface area contributed by atoms with Gasteiger partial charge in [0.25, 0.3) is 5.69 Å². The number of nitro groups is 1. The van der Waals surface area contributed by atoms with Crippen molar-refractivity contribution in [2.24, 2.45) is 10.7 Å². The van der Waals surface area contributed by atoms with E-state index in [1.54, 1.807) is 12.1 Å². The third-order valence-electron chi connectivity index (χ3n) is 2.46. The second kappa shape index (κ2) is 5.30. The molecule has 0 saturated heterocycles. The molecule has 0 bridgehead atoms. The summed E-state index contributed by atoms with van der Waals surface area (Å²) in [5, 5.41) is 11.4. The highest BCUT2D eigenvalue weighted by atomic mass is 16.6. The lowest BCUT2D eigenvalue weighted by molar-refractivity contribution is -0.384. The highest BCUT2D eigenvalue weighted by Crippen LogP contribution is 2.31. The monoisotopic (exact) mass is 260 g/mol. The van der Waals surface area contributed by atoms with Crippen LogP contribution in [0.15, 0.2) is 29.3 Å². The topological polar surface area (TPSA) is 104 Å². The molecule has 19 heavy (non-hydrogen) atoms. The molecule has 0 saturated carbocycles. The van der Waals surface area contributed by atoms with E-state index in [0.717, 1.165) is 6.34 Å². The summed E-state index contributed by atoms with van der Waals surface area (Å²) in [4.78, 5) is 18.4. The fourth-order valence-corrected chi connectivity index (χ4v) is 1.70. The molecule has 2 N–H and O–H groups in total. The van der Waals surface area contributed by atoms with Crippen molar-refractivity contribution in [3.05, 3.63) is 34.4 Å². The Hall–Kier alpha value is -2.70. The Balaban J connectivity index is 2.67. The lowest BCUT2D eigenvalue weighted by Crippen LogP contribution is -1.96. The Morgan fingerprint density at radius 3 is 2.95 bits per heavy atom. The number of pyridine rings is 1. The average molecular weight is 260 g/mol. The van der Waals surface area contributed by atoms with Crippen LogP contribution in [0.4, 0.5) is 11.5 Å². The molecule has 98 valence electrons. The first-order valence-electron chi connectivity index (χ1n) is 5.62. The number of ether oxygens (including phenoxy) is 1. The van der Waals surface area contributed by atoms with Crippen molar-refractivity contribution in [1.29, 1.82) is 0 Å². The molecule has 2 rings (SSSR count). The van der Waals surface area contributed by atoms with Gasteiger partial charge in [-0.1, -0.05) is 0 Å². The molecule has 7 nitrogen and oxygen atoms in total. The number of non-ortho nitro benzene ring substituents is 1. The van der Waals surface area contributed by atoms with Gasteiger partial charge in [0, 0.05) is 23.6 Å². The summed E-state index contributed by atoms with van der Waals surface area (Å²) in [6.07, 6.45) is 1.13. The Bertz CT molecular complexity index is 655. The molecule has 0 aliphatic rings. The van der Waals surface area contributed by atoms with Crippen molar-refractivity contribution < 1.29 is 9.66 Å². The van der Waals surface area contributed by atoms with Crippen LogP contribution >= 0.6 is 0 Å². The van der Waals surface area contributed by atoms with E-state index in [0.29, 0.717) is 29.1 Å². The molecule has 0 atom stereocenters. The summed E-state index contributed by atoms with van der Waals surface area (Å²) in [5.74, 6) is 0.893. The molecule has 0 amide bonds. The number of rotatable bonds is 4. The lowest BCUT2D eigenvalue weighted by atomic mass is 10.2. The second-order valence-electron chi connectivity index (χ2n) is 3.65. The summed E-state index contributed by atoms with van der Waals surface area (Å²) in [6, 6.07) is 5.98. The van der Waals surface area contributed by atoms with E-state index in [1.165, 1.54) is 12.1 Å². The van der Waals surface area contributed by atoms with Gasteiger partial charge in [0.1, 0.15) is 5.75 Å². The predicted molar refractivity (Wildman–Crippen MR) is 71.9 cm³/mol. The number of hydrogen-bond acceptors (Lipinski definition) is 5. The summed E-state index contributed by atoms with van der Waals surface area (Å²) in [6.45, 7) is 2.27. The van der Waals surface area contributed by atoms with E-state index in [9.17, 15) is 10.1 Å². The zero-order valence-electron chi connectivity index (χ0n) is 10.2. The van der Waals surface area contributed by atoms with Crippen molar-refractivity contribution in [3.8, 4) is 5.75 Å². The smallest absolute Gasteiger partial charge is 0.270 e. The number of aliphatic imine (C=N–C) groups is 1. The fourth-order valence-electron chi connectivity index (χ4n) is 1.70. The van der Waals surface area contributed by atoms with Crippen molar-refractivity contribution in [2.75, 3.05) is 6.61 Å². The van der Waals surface area contributed by atoms with E-state index in [4.69, 9.17) is 10.5 Å². The zero-order chi connectivity index (χ0) is 13.8. The number of fused-ring (bicyclic) bond motifs is 1. The SMILES string of the molecule is CCOc1cc(N=CN)nc2ccc([N+](=O)[O-])cc12. The predicted octanol–water partition coefficient (Wildman–Crippen LogP) is 2.16. The van der Waals surface area contributed by atoms with Gasteiger partial charge in [-0.05, 0) is 13.0 Å². The first kappa shape index (κ1) is 12.7. The third-order valence-corrected chi connectivity index (χ3v) is 2.46. The third kappa shape index (κ3) is 2.59. The van der Waals surface area contributed by atoms with Gasteiger partial charge in [-0.2, -0.15) is 0 Å². The molecule has 0 aliphatic carbocycles. The summed E-state index contributed by atoms with van der Waals surface area (Å²) >= 11 is 0. The molecule has 0 spiro atoms. The van der Waals surface area contributed by atoms with Gasteiger partial charge in [-0.3, -0.25) is 10.1 Å². The van der Waals surface area contributed by atoms with Crippen LogP contribution in [0.5, 0.6) is 5.75 Å². The standard InChI is InChI=1S/C12H12N4O3/c1-2-19-11-6-12(14-7-13)15-10-4-3-8(16(17)18)5-9(10)11/h3-7H,2H2,1H3,(H2,13,14,15). The Morgan fingerprint density at radius 1 is 1.53 bits per heavy atom. The maximum Gasteiger partial charge on any atom is 0.270 e. The largest absolute Gasteiger partial charge is 0.493 e. The van der Waals surface area contributed by atoms with Gasteiger partial charge in [0.2, 0.25) is 0 Å². The fraction of sp³-hybridized carbons (Fsp3) is 0.167. The van der Waals surface area contributed by atoms with E-state index in [1.807, 2.05) is 6.92 Å². The van der Waals surface area contributed by atoms with Crippen LogP contribution in [0.1, 0.15) is 6.92 Å². The molecule has 0 radical (unpaired) electrons. The summed E-state index contributed by atoms with van der Waals surface area (Å²) in [7, 11) is 0. The van der Waals surface area contributed by atoms with Crippen molar-refractivity contribution in [1.82, 2.24) is 4.98 Å². The first-order valence-corrected chi connectivity index (χ1v) is 5.62. The number of nitrogens with two attached hydrogens (primary N) is 1. The van der Waals surface area contributed by atoms with E-state index in [2.05, 4.69) is 9.98 Å². The van der Waals surface area contributed by atoms with Gasteiger partial charge in [-0.25, -0.2) is 9.98 Å². The van der Waals surface area contributed by atoms with Crippen LogP contribution in [0.2, 0.25) is 0 Å². The number of aromatic nitrogens is 1. The van der Waals surface area contributed by atoms with E-state index in [-0.39, 0.29) is 5.69 Å². The number of nitrogens with zero attached hydrogens (tertiary/aromatic N) is 3. The molecule has 7 heteroatoms. The second-order valence-corrected chi connectivity index (χ2v) is 3.65. The van der Waals surface area contributed by atoms with Gasteiger partial charge in [-0.15, -0.1) is 0 Å². The average Bonchev–Trinajstić information content (AvgIpc) is 2.39. The molecule has 0 aliphatic heterocycles.